The van der Waals surface area contributed by atoms with Crippen LogP contribution in [0.2, 0.25) is 0 Å². The van der Waals surface area contributed by atoms with Crippen LogP contribution in [0, 0.1) is 11.8 Å². The van der Waals surface area contributed by atoms with Gasteiger partial charge < -0.3 is 19.5 Å². The van der Waals surface area contributed by atoms with Crippen LogP contribution in [-0.2, 0) is 9.47 Å². The Hall–Kier alpha value is -1.43. The zero-order valence-electron chi connectivity index (χ0n) is 15.2. The fourth-order valence-electron chi connectivity index (χ4n) is 3.81. The molecule has 6 nitrogen and oxygen atoms in total. The van der Waals surface area contributed by atoms with Crippen LogP contribution in [0.25, 0.3) is 10.2 Å². The van der Waals surface area contributed by atoms with Crippen LogP contribution in [0.15, 0.2) is 33.5 Å². The zero-order valence-corrected chi connectivity index (χ0v) is 18.1. The van der Waals surface area contributed by atoms with Gasteiger partial charge in [-0.05, 0) is 0 Å². The van der Waals surface area contributed by atoms with Crippen molar-refractivity contribution in [3.8, 4) is 5.88 Å². The van der Waals surface area contributed by atoms with Crippen molar-refractivity contribution >= 4 is 45.8 Å². The smallest absolute Gasteiger partial charge is 0.235 e. The summed E-state index contributed by atoms with van der Waals surface area (Å²) in [6, 6.07) is 0. The van der Waals surface area contributed by atoms with Crippen molar-refractivity contribution < 1.29 is 18.6 Å². The molecule has 2 bridgehead atoms. The molecule has 0 radical (unpaired) electrons. The lowest BCUT2D eigenvalue weighted by Crippen LogP contribution is -2.56. The number of fused-ring (bicyclic) bond motifs is 3. The Morgan fingerprint density at radius 2 is 2.11 bits per heavy atom. The maximum atomic E-state index is 14.6. The molecule has 2 fully saturated rings. The van der Waals surface area contributed by atoms with Gasteiger partial charge in [0.1, 0.15) is 28.7 Å². The minimum absolute atomic E-state index is 0.0808. The fraction of sp³-hybridized carbons (Fsp3) is 0.421. The lowest BCUT2D eigenvalue weighted by atomic mass is 9.86. The number of allylic oxidation sites excluding steroid dienone is 2. The molecule has 5 rings (SSSR count). The average molecular weight is 515 g/mol. The van der Waals surface area contributed by atoms with E-state index in [1.807, 2.05) is 9.46 Å². The van der Waals surface area contributed by atoms with E-state index in [0.29, 0.717) is 36.7 Å². The summed E-state index contributed by atoms with van der Waals surface area (Å²) in [7, 11) is 1.56. The Balaban J connectivity index is 1.49. The van der Waals surface area contributed by atoms with E-state index in [2.05, 4.69) is 15.3 Å². The molecule has 28 heavy (non-hydrogen) atoms. The van der Waals surface area contributed by atoms with Gasteiger partial charge in [0, 0.05) is 46.0 Å². The molecule has 2 aromatic heterocycles. The predicted molar refractivity (Wildman–Crippen MR) is 115 cm³/mol. The van der Waals surface area contributed by atoms with E-state index in [9.17, 15) is 4.39 Å². The van der Waals surface area contributed by atoms with Crippen molar-refractivity contribution in [1.29, 1.82) is 0 Å². The van der Waals surface area contributed by atoms with Crippen molar-refractivity contribution in [3.63, 3.8) is 0 Å². The molecule has 0 amide bonds. The van der Waals surface area contributed by atoms with Crippen molar-refractivity contribution in [2.24, 2.45) is 11.8 Å². The van der Waals surface area contributed by atoms with Crippen LogP contribution in [0.3, 0.4) is 0 Å². The highest BCUT2D eigenvalue weighted by molar-refractivity contribution is 14.2. The lowest BCUT2D eigenvalue weighted by molar-refractivity contribution is -0.0828. The van der Waals surface area contributed by atoms with Crippen LogP contribution in [0.4, 0.5) is 4.39 Å². The first-order valence-corrected chi connectivity index (χ1v) is 12.2. The number of aromatic nitrogens is 2. The van der Waals surface area contributed by atoms with Gasteiger partial charge in [-0.3, -0.25) is 0 Å². The molecule has 148 valence electrons. The molecule has 9 heteroatoms. The highest BCUT2D eigenvalue weighted by atomic mass is 127. The number of ether oxygens (including phenoxy) is 3. The summed E-state index contributed by atoms with van der Waals surface area (Å²) in [6.45, 7) is 3.17. The topological polar surface area (TPSA) is 65.5 Å². The number of nitrogens with zero attached hydrogens (tertiary/aromatic N) is 2. The van der Waals surface area contributed by atoms with Crippen LogP contribution < -0.4 is 10.1 Å². The average Bonchev–Trinajstić information content (AvgIpc) is 3.12. The molecule has 2 aromatic rings. The van der Waals surface area contributed by atoms with E-state index in [1.165, 1.54) is 23.7 Å². The van der Waals surface area contributed by atoms with E-state index < -0.39 is 20.7 Å². The number of hydrogen-bond donors (Lipinski definition) is 1. The summed E-state index contributed by atoms with van der Waals surface area (Å²) < 4.78 is 35.5. The normalized spacial score (nSPS) is 27.4. The standard InChI is InChI=1S/C19H19FIN3O3S/c1-25-12-2-14(20)15(21-3-12)13-8-28-18-16(13)23-9-24-19(18)27-17-10-4-22-5-11(17)7-26-6-10/h2-3,8-11,17,22H,4-7H2,1H3. The third-order valence-corrected chi connectivity index (χ3v) is 8.80. The molecule has 2 atom stereocenters. The van der Waals surface area contributed by atoms with E-state index in [-0.39, 0.29) is 11.9 Å². The molecule has 3 aliphatic heterocycles. The monoisotopic (exact) mass is 515 g/mol. The molecule has 0 saturated carbocycles. The van der Waals surface area contributed by atoms with Crippen molar-refractivity contribution in [2.45, 2.75) is 6.10 Å². The number of nitrogens with one attached hydrogen (secondary N) is 1. The van der Waals surface area contributed by atoms with Crippen LogP contribution in [0.5, 0.6) is 5.88 Å². The third kappa shape index (κ3) is 3.27. The number of hydrogen-bond acceptors (Lipinski definition) is 7. The highest BCUT2D eigenvalue weighted by Crippen LogP contribution is 2.37. The second-order valence-electron chi connectivity index (χ2n) is 6.94. The molecule has 2 saturated heterocycles. The van der Waals surface area contributed by atoms with Crippen LogP contribution in [0.1, 0.15) is 5.56 Å². The first-order valence-electron chi connectivity index (χ1n) is 9.04. The third-order valence-electron chi connectivity index (χ3n) is 5.20. The Kier molecular flexibility index (Phi) is 5.16. The molecule has 5 heterocycles. The zero-order chi connectivity index (χ0) is 19.1. The quantitative estimate of drug-likeness (QED) is 0.632. The molecule has 3 aliphatic rings. The fourth-order valence-corrected chi connectivity index (χ4v) is 7.22. The molecule has 1 N–H and O–H groups in total. The molecular weight excluding hydrogens is 496 g/mol. The van der Waals surface area contributed by atoms with Gasteiger partial charge in [-0.15, -0.1) is 11.3 Å². The second kappa shape index (κ2) is 7.77. The van der Waals surface area contributed by atoms with Crippen LogP contribution in [-0.4, -0.2) is 53.0 Å². The summed E-state index contributed by atoms with van der Waals surface area (Å²) in [5.41, 5.74) is 1.60. The van der Waals surface area contributed by atoms with Crippen molar-refractivity contribution in [3.05, 3.63) is 39.0 Å². The predicted octanol–water partition coefficient (Wildman–Crippen LogP) is 3.15. The Morgan fingerprint density at radius 3 is 2.86 bits per heavy atom. The minimum Gasteiger partial charge on any atom is -0.496 e. The van der Waals surface area contributed by atoms with E-state index in [1.54, 1.807) is 7.11 Å². The maximum Gasteiger partial charge on any atom is 0.235 e. The van der Waals surface area contributed by atoms with Crippen molar-refractivity contribution in [2.75, 3.05) is 33.4 Å². The number of halogens is 2. The van der Waals surface area contributed by atoms with Gasteiger partial charge in [0.25, 0.3) is 0 Å². The largest absolute Gasteiger partial charge is 0.496 e. The summed E-state index contributed by atoms with van der Waals surface area (Å²) in [6.07, 6.45) is 3.04. The van der Waals surface area contributed by atoms with Gasteiger partial charge in [-0.2, -0.15) is 0 Å². The molecule has 0 spiro atoms. The summed E-state index contributed by atoms with van der Waals surface area (Å²) >= 11 is 0.880. The van der Waals surface area contributed by atoms with Crippen molar-refractivity contribution in [1.82, 2.24) is 15.3 Å². The minimum atomic E-state index is -0.634. The van der Waals surface area contributed by atoms with Gasteiger partial charge in [0.05, 0.1) is 29.3 Å². The van der Waals surface area contributed by atoms with Gasteiger partial charge in [0.15, 0.2) is 0 Å². The van der Waals surface area contributed by atoms with Gasteiger partial charge in [-0.1, -0.05) is 20.7 Å². The van der Waals surface area contributed by atoms with Gasteiger partial charge in [-0.25, -0.2) is 14.4 Å². The first kappa shape index (κ1) is 18.6. The van der Waals surface area contributed by atoms with Crippen LogP contribution >= 0.6 is 32.1 Å². The summed E-state index contributed by atoms with van der Waals surface area (Å²) in [5, 5.41) is 5.41. The SMILES string of the molecule is COC1=CI=C(c2csc3c(OC4C5CNCC4COC5)ncnc23)C(F)=C1. The van der Waals surface area contributed by atoms with E-state index in [0.717, 1.165) is 32.4 Å². The number of piperidine rings is 1. The maximum absolute atomic E-state index is 14.6. The molecular formula is C19H19FIN3O3S. The Morgan fingerprint density at radius 1 is 1.29 bits per heavy atom. The Labute approximate surface area is 175 Å². The Bertz CT molecular complexity index is 983. The lowest BCUT2D eigenvalue weighted by Gasteiger charge is -2.41. The molecule has 2 unspecified atom stereocenters. The number of methoxy groups -OCH3 is 1. The first-order chi connectivity index (χ1) is 13.7. The molecule has 0 aromatic carbocycles. The summed E-state index contributed by atoms with van der Waals surface area (Å²) in [5.74, 6) is 1.57. The second-order valence-corrected chi connectivity index (χ2v) is 10.1. The van der Waals surface area contributed by atoms with E-state index in [4.69, 9.17) is 14.2 Å². The molecule has 0 aliphatic carbocycles. The van der Waals surface area contributed by atoms with Gasteiger partial charge in [0.2, 0.25) is 5.88 Å². The number of rotatable bonds is 4. The van der Waals surface area contributed by atoms with E-state index >= 15 is 0 Å². The van der Waals surface area contributed by atoms with Gasteiger partial charge >= 0.3 is 0 Å². The highest BCUT2D eigenvalue weighted by Gasteiger charge is 2.39. The summed E-state index contributed by atoms with van der Waals surface area (Å²) in [4.78, 5) is 8.86. The number of thiophene rings is 1.